The third kappa shape index (κ3) is 2.72. The number of rotatable bonds is 3. The van der Waals surface area contributed by atoms with E-state index in [1.807, 2.05) is 0 Å². The van der Waals surface area contributed by atoms with E-state index in [1.54, 1.807) is 5.22 Å². The number of fused-ring (bicyclic) bond motifs is 6. The van der Waals surface area contributed by atoms with Crippen LogP contribution in [0.3, 0.4) is 0 Å². The summed E-state index contributed by atoms with van der Waals surface area (Å²) in [6, 6.07) is 0. The van der Waals surface area contributed by atoms with E-state index in [2.05, 4.69) is 5.43 Å². The van der Waals surface area contributed by atoms with Crippen molar-refractivity contribution < 1.29 is 29.6 Å². The van der Waals surface area contributed by atoms with Crippen LogP contribution in [0.1, 0.15) is 6.42 Å². The number of aliphatic hydroxyl groups is 2. The minimum Gasteiger partial charge on any atom is -0.387 e. The zero-order valence-corrected chi connectivity index (χ0v) is 9.28. The van der Waals surface area contributed by atoms with Crippen molar-refractivity contribution in [3.8, 4) is 0 Å². The molecule has 3 aliphatic rings. The molecular formula is C9H17N3O5. The Bertz CT molecular complexity index is 265. The maximum Gasteiger partial charge on any atom is 0.186 e. The van der Waals surface area contributed by atoms with Crippen LogP contribution in [-0.2, 0) is 14.2 Å². The average Bonchev–Trinajstić information content (AvgIpc) is 2.47. The van der Waals surface area contributed by atoms with Gasteiger partial charge >= 0.3 is 0 Å². The van der Waals surface area contributed by atoms with Gasteiger partial charge in [-0.3, -0.25) is 5.43 Å². The number of hydrazine groups is 1. The van der Waals surface area contributed by atoms with Crippen molar-refractivity contribution in [1.29, 1.82) is 0 Å². The van der Waals surface area contributed by atoms with E-state index in [0.29, 0.717) is 19.6 Å². The molecule has 3 heterocycles. The predicted molar refractivity (Wildman–Crippen MR) is 53.3 cm³/mol. The molecule has 4 N–H and O–H groups in total. The molecule has 17 heavy (non-hydrogen) atoms. The van der Waals surface area contributed by atoms with E-state index in [-0.39, 0.29) is 6.54 Å². The van der Waals surface area contributed by atoms with E-state index in [9.17, 15) is 10.2 Å². The summed E-state index contributed by atoms with van der Waals surface area (Å²) >= 11 is 0. The molecule has 3 saturated heterocycles. The summed E-state index contributed by atoms with van der Waals surface area (Å²) in [5.41, 5.74) is 10.9. The SMILES string of the molecule is [N-]=[NH+]NCC1OC2OCCCOC1C(O)C2O. The minimum absolute atomic E-state index is 0.213. The Morgan fingerprint density at radius 2 is 2.00 bits per heavy atom. The Hall–Kier alpha value is -0.800. The van der Waals surface area contributed by atoms with E-state index in [4.69, 9.17) is 19.7 Å². The van der Waals surface area contributed by atoms with E-state index in [0.717, 1.165) is 0 Å². The molecule has 5 unspecified atom stereocenters. The van der Waals surface area contributed by atoms with Crippen molar-refractivity contribution in [2.45, 2.75) is 37.1 Å². The first-order valence-electron chi connectivity index (χ1n) is 5.61. The van der Waals surface area contributed by atoms with Gasteiger partial charge < -0.3 is 24.4 Å². The monoisotopic (exact) mass is 247 g/mol. The minimum atomic E-state index is -1.13. The summed E-state index contributed by atoms with van der Waals surface area (Å²) in [6.45, 7) is 1.04. The summed E-state index contributed by atoms with van der Waals surface area (Å²) in [5, 5.41) is 21.5. The van der Waals surface area contributed by atoms with Crippen molar-refractivity contribution >= 4 is 0 Å². The van der Waals surface area contributed by atoms with Crippen molar-refractivity contribution in [3.05, 3.63) is 5.53 Å². The highest BCUT2D eigenvalue weighted by molar-refractivity contribution is 4.91. The third-order valence-corrected chi connectivity index (χ3v) is 2.90. The largest absolute Gasteiger partial charge is 0.387 e. The Morgan fingerprint density at radius 1 is 1.24 bits per heavy atom. The first-order valence-corrected chi connectivity index (χ1v) is 5.61. The van der Waals surface area contributed by atoms with Crippen LogP contribution in [0.5, 0.6) is 0 Å². The van der Waals surface area contributed by atoms with Gasteiger partial charge in [0.25, 0.3) is 0 Å². The van der Waals surface area contributed by atoms with Crippen LogP contribution in [0.2, 0.25) is 0 Å². The number of aliphatic hydroxyl groups excluding tert-OH is 2. The van der Waals surface area contributed by atoms with Crippen molar-refractivity contribution in [2.24, 2.45) is 0 Å². The van der Waals surface area contributed by atoms with Gasteiger partial charge in [-0.15, -0.1) is 0 Å². The van der Waals surface area contributed by atoms with Gasteiger partial charge in [-0.25, -0.2) is 0 Å². The molecule has 3 fully saturated rings. The molecule has 0 aromatic carbocycles. The van der Waals surface area contributed by atoms with Crippen molar-refractivity contribution in [1.82, 2.24) is 5.43 Å². The number of nitrogens with zero attached hydrogens (tertiary/aromatic N) is 1. The Morgan fingerprint density at radius 3 is 2.76 bits per heavy atom. The summed E-state index contributed by atoms with van der Waals surface area (Å²) in [7, 11) is 0. The van der Waals surface area contributed by atoms with E-state index >= 15 is 0 Å². The lowest BCUT2D eigenvalue weighted by Crippen LogP contribution is -2.77. The Balaban J connectivity index is 2.10. The molecule has 3 rings (SSSR count). The summed E-state index contributed by atoms with van der Waals surface area (Å²) in [6.07, 6.45) is -3.56. The molecule has 0 amide bonds. The number of nitrogens with one attached hydrogen (secondary N) is 2. The van der Waals surface area contributed by atoms with Gasteiger partial charge in [-0.1, -0.05) is 0 Å². The van der Waals surface area contributed by atoms with Crippen LogP contribution in [0.4, 0.5) is 0 Å². The highest BCUT2D eigenvalue weighted by atomic mass is 16.7. The molecule has 0 aromatic rings. The van der Waals surface area contributed by atoms with Crippen molar-refractivity contribution in [2.75, 3.05) is 19.8 Å². The molecular weight excluding hydrogens is 230 g/mol. The zero-order chi connectivity index (χ0) is 12.3. The maximum atomic E-state index is 9.92. The molecule has 0 aromatic heterocycles. The van der Waals surface area contributed by atoms with Crippen molar-refractivity contribution in [3.63, 3.8) is 0 Å². The van der Waals surface area contributed by atoms with Gasteiger partial charge in [0.15, 0.2) is 6.29 Å². The average molecular weight is 247 g/mol. The fourth-order valence-electron chi connectivity index (χ4n) is 2.04. The van der Waals surface area contributed by atoms with Gasteiger partial charge in [0.1, 0.15) is 18.3 Å². The Kier molecular flexibility index (Phi) is 4.24. The maximum absolute atomic E-state index is 9.92. The second-order valence-corrected chi connectivity index (χ2v) is 4.08. The molecule has 0 spiro atoms. The van der Waals surface area contributed by atoms with Gasteiger partial charge in [-0.05, 0) is 6.42 Å². The second kappa shape index (κ2) is 5.69. The standard InChI is InChI=1S/C9H17N3O5/c10-12-11-4-5-8-6(13)7(14)9(17-5)16-3-1-2-15-8/h5-9,12-14H,1-4H2,(H-,10,11). The molecule has 8 nitrogen and oxygen atoms in total. The number of ether oxygens (including phenoxy) is 3. The lowest BCUT2D eigenvalue weighted by molar-refractivity contribution is -0.551. The normalized spacial score (nSPS) is 42.4. The lowest BCUT2D eigenvalue weighted by atomic mass is 9.98. The van der Waals surface area contributed by atoms with Crippen LogP contribution in [-0.4, -0.2) is 60.7 Å². The first-order chi connectivity index (χ1) is 8.24. The molecule has 2 bridgehead atoms. The first kappa shape index (κ1) is 12.7. The second-order valence-electron chi connectivity index (χ2n) is 4.08. The zero-order valence-electron chi connectivity index (χ0n) is 9.28. The summed E-state index contributed by atoms with van der Waals surface area (Å²) in [4.78, 5) is 0. The molecule has 0 saturated carbocycles. The molecule has 0 aliphatic carbocycles. The molecule has 0 radical (unpaired) electrons. The number of hydrogen-bond donors (Lipinski definition) is 4. The highest BCUT2D eigenvalue weighted by Crippen LogP contribution is 2.25. The quantitative estimate of drug-likeness (QED) is 0.309. The predicted octanol–water partition coefficient (Wildman–Crippen LogP) is -3.15. The summed E-state index contributed by atoms with van der Waals surface area (Å²) < 4.78 is 16.3. The van der Waals surface area contributed by atoms with E-state index < -0.39 is 30.7 Å². The molecule has 98 valence electrons. The van der Waals surface area contributed by atoms with Gasteiger partial charge in [0.05, 0.1) is 12.7 Å². The smallest absolute Gasteiger partial charge is 0.186 e. The van der Waals surface area contributed by atoms with Gasteiger partial charge in [-0.2, -0.15) is 10.8 Å². The molecule has 8 heteroatoms. The third-order valence-electron chi connectivity index (χ3n) is 2.90. The van der Waals surface area contributed by atoms with Crippen LogP contribution < -0.4 is 10.6 Å². The molecule has 3 aliphatic heterocycles. The number of hydrogen-bond acceptors (Lipinski definition) is 5. The highest BCUT2D eigenvalue weighted by Gasteiger charge is 2.45. The Labute approximate surface area is 98.3 Å². The fraction of sp³-hybridized carbons (Fsp3) is 1.00. The van der Waals surface area contributed by atoms with Crippen LogP contribution in [0.15, 0.2) is 0 Å². The fourth-order valence-corrected chi connectivity index (χ4v) is 2.04. The van der Waals surface area contributed by atoms with Gasteiger partial charge in [0.2, 0.25) is 0 Å². The van der Waals surface area contributed by atoms with Crippen LogP contribution in [0.25, 0.3) is 5.53 Å². The van der Waals surface area contributed by atoms with Crippen LogP contribution >= 0.6 is 0 Å². The van der Waals surface area contributed by atoms with Gasteiger partial charge in [0, 0.05) is 13.2 Å². The van der Waals surface area contributed by atoms with E-state index in [1.165, 1.54) is 0 Å². The summed E-state index contributed by atoms with van der Waals surface area (Å²) in [5.74, 6) is 0. The topological polar surface area (TPSA) is 116 Å². The molecule has 5 atom stereocenters. The van der Waals surface area contributed by atoms with Crippen LogP contribution in [0, 0.1) is 0 Å². The lowest BCUT2D eigenvalue weighted by Gasteiger charge is -2.41.